The van der Waals surface area contributed by atoms with Crippen molar-refractivity contribution in [3.8, 4) is 0 Å². The number of hydrogen-bond acceptors (Lipinski definition) is 3. The zero-order valence-corrected chi connectivity index (χ0v) is 11.0. The van der Waals surface area contributed by atoms with Crippen LogP contribution in [0.25, 0.3) is 0 Å². The standard InChI is InChI=1S/C14H24N2O/c1-3-16(9-4-5-10-17-2)12-13-7-6-8-14(15)11-13/h6-8,11H,3-5,9-10,12,15H2,1-2H3. The highest BCUT2D eigenvalue weighted by molar-refractivity contribution is 5.40. The Morgan fingerprint density at radius 3 is 2.76 bits per heavy atom. The molecule has 0 fully saturated rings. The summed E-state index contributed by atoms with van der Waals surface area (Å²) in [5.41, 5.74) is 7.92. The second kappa shape index (κ2) is 8.09. The molecule has 0 amide bonds. The number of rotatable bonds is 8. The van der Waals surface area contributed by atoms with Crippen LogP contribution in [0.5, 0.6) is 0 Å². The second-order valence-electron chi connectivity index (χ2n) is 4.31. The maximum Gasteiger partial charge on any atom is 0.0462 e. The predicted octanol–water partition coefficient (Wildman–Crippen LogP) is 2.52. The van der Waals surface area contributed by atoms with Crippen LogP contribution in [0, 0.1) is 0 Å². The zero-order valence-electron chi connectivity index (χ0n) is 11.0. The molecule has 0 spiro atoms. The van der Waals surface area contributed by atoms with Crippen LogP contribution < -0.4 is 5.73 Å². The molecule has 1 aromatic rings. The lowest BCUT2D eigenvalue weighted by Gasteiger charge is -2.20. The number of unbranched alkanes of at least 4 members (excludes halogenated alkanes) is 1. The number of ether oxygens (including phenoxy) is 1. The van der Waals surface area contributed by atoms with Crippen LogP contribution in [0.1, 0.15) is 25.3 Å². The highest BCUT2D eigenvalue weighted by Crippen LogP contribution is 2.10. The van der Waals surface area contributed by atoms with Crippen LogP contribution in [0.2, 0.25) is 0 Å². The largest absolute Gasteiger partial charge is 0.399 e. The van der Waals surface area contributed by atoms with Crippen molar-refractivity contribution in [2.24, 2.45) is 0 Å². The molecule has 2 N–H and O–H groups in total. The third-order valence-corrected chi connectivity index (χ3v) is 2.88. The Bertz CT molecular complexity index is 315. The van der Waals surface area contributed by atoms with Gasteiger partial charge >= 0.3 is 0 Å². The van der Waals surface area contributed by atoms with Crippen molar-refractivity contribution < 1.29 is 4.74 Å². The molecular weight excluding hydrogens is 212 g/mol. The van der Waals surface area contributed by atoms with Gasteiger partial charge in [-0.2, -0.15) is 0 Å². The van der Waals surface area contributed by atoms with E-state index < -0.39 is 0 Å². The van der Waals surface area contributed by atoms with Crippen molar-refractivity contribution in [2.75, 3.05) is 32.5 Å². The number of nitrogens with two attached hydrogens (primary N) is 1. The molecule has 17 heavy (non-hydrogen) atoms. The Balaban J connectivity index is 2.35. The lowest BCUT2D eigenvalue weighted by molar-refractivity contribution is 0.183. The molecule has 0 heterocycles. The first-order valence-electron chi connectivity index (χ1n) is 6.32. The summed E-state index contributed by atoms with van der Waals surface area (Å²) in [7, 11) is 1.75. The summed E-state index contributed by atoms with van der Waals surface area (Å²) in [6.45, 7) is 6.23. The fourth-order valence-electron chi connectivity index (χ4n) is 1.88. The molecule has 96 valence electrons. The molecule has 0 unspecified atom stereocenters. The van der Waals surface area contributed by atoms with Crippen molar-refractivity contribution in [1.82, 2.24) is 4.90 Å². The van der Waals surface area contributed by atoms with Gasteiger partial charge in [0, 0.05) is 25.9 Å². The van der Waals surface area contributed by atoms with E-state index in [2.05, 4.69) is 24.0 Å². The molecule has 0 atom stereocenters. The maximum absolute atomic E-state index is 5.78. The molecule has 0 saturated heterocycles. The smallest absolute Gasteiger partial charge is 0.0462 e. The summed E-state index contributed by atoms with van der Waals surface area (Å²) in [5.74, 6) is 0. The fourth-order valence-corrected chi connectivity index (χ4v) is 1.88. The summed E-state index contributed by atoms with van der Waals surface area (Å²) < 4.78 is 5.06. The molecule has 0 radical (unpaired) electrons. The van der Waals surface area contributed by atoms with E-state index in [4.69, 9.17) is 10.5 Å². The molecular formula is C14H24N2O. The molecule has 0 aliphatic rings. The first-order chi connectivity index (χ1) is 8.26. The van der Waals surface area contributed by atoms with Crippen LogP contribution in [0.4, 0.5) is 5.69 Å². The number of hydrogen-bond donors (Lipinski definition) is 1. The van der Waals surface area contributed by atoms with Crippen molar-refractivity contribution in [3.05, 3.63) is 29.8 Å². The maximum atomic E-state index is 5.78. The quantitative estimate of drug-likeness (QED) is 0.557. The van der Waals surface area contributed by atoms with Gasteiger partial charge in [-0.15, -0.1) is 0 Å². The van der Waals surface area contributed by atoms with Crippen LogP contribution in [-0.4, -0.2) is 31.7 Å². The Morgan fingerprint density at radius 2 is 2.12 bits per heavy atom. The van der Waals surface area contributed by atoms with Gasteiger partial charge < -0.3 is 10.5 Å². The van der Waals surface area contributed by atoms with Crippen molar-refractivity contribution in [3.63, 3.8) is 0 Å². The van der Waals surface area contributed by atoms with E-state index in [1.165, 1.54) is 12.0 Å². The van der Waals surface area contributed by atoms with E-state index in [-0.39, 0.29) is 0 Å². The SMILES string of the molecule is CCN(CCCCOC)Cc1cccc(N)c1. The lowest BCUT2D eigenvalue weighted by Crippen LogP contribution is -2.24. The second-order valence-corrected chi connectivity index (χ2v) is 4.31. The van der Waals surface area contributed by atoms with Crippen LogP contribution in [-0.2, 0) is 11.3 Å². The number of benzene rings is 1. The van der Waals surface area contributed by atoms with Crippen molar-refractivity contribution in [1.29, 1.82) is 0 Å². The van der Waals surface area contributed by atoms with Gasteiger partial charge in [-0.3, -0.25) is 4.90 Å². The van der Waals surface area contributed by atoms with E-state index in [1.807, 2.05) is 12.1 Å². The molecule has 0 aromatic heterocycles. The normalized spacial score (nSPS) is 11.0. The molecule has 1 aromatic carbocycles. The summed E-state index contributed by atoms with van der Waals surface area (Å²) >= 11 is 0. The number of nitrogens with zero attached hydrogens (tertiary/aromatic N) is 1. The number of nitrogen functional groups attached to an aromatic ring is 1. The van der Waals surface area contributed by atoms with Gasteiger partial charge in [-0.1, -0.05) is 19.1 Å². The van der Waals surface area contributed by atoms with Crippen LogP contribution in [0.3, 0.4) is 0 Å². The number of anilines is 1. The van der Waals surface area contributed by atoms with E-state index >= 15 is 0 Å². The van der Waals surface area contributed by atoms with Crippen molar-refractivity contribution in [2.45, 2.75) is 26.3 Å². The minimum absolute atomic E-state index is 0.845. The van der Waals surface area contributed by atoms with Crippen molar-refractivity contribution >= 4 is 5.69 Å². The molecule has 0 bridgehead atoms. The number of methoxy groups -OCH3 is 1. The highest BCUT2D eigenvalue weighted by Gasteiger charge is 2.03. The monoisotopic (exact) mass is 236 g/mol. The fraction of sp³-hybridized carbons (Fsp3) is 0.571. The minimum Gasteiger partial charge on any atom is -0.399 e. The molecule has 0 saturated carbocycles. The van der Waals surface area contributed by atoms with Gasteiger partial charge in [0.25, 0.3) is 0 Å². The first kappa shape index (κ1) is 14.0. The van der Waals surface area contributed by atoms with E-state index in [0.29, 0.717) is 0 Å². The molecule has 1 rings (SSSR count). The summed E-state index contributed by atoms with van der Waals surface area (Å²) in [6, 6.07) is 8.13. The minimum atomic E-state index is 0.845. The van der Waals surface area contributed by atoms with Crippen LogP contribution in [0.15, 0.2) is 24.3 Å². The first-order valence-corrected chi connectivity index (χ1v) is 6.32. The van der Waals surface area contributed by atoms with Gasteiger partial charge in [-0.25, -0.2) is 0 Å². The topological polar surface area (TPSA) is 38.5 Å². The average molecular weight is 236 g/mol. The molecule has 3 heteroatoms. The van der Waals surface area contributed by atoms with E-state index in [9.17, 15) is 0 Å². The van der Waals surface area contributed by atoms with Gasteiger partial charge in [-0.05, 0) is 43.6 Å². The molecule has 0 aliphatic heterocycles. The van der Waals surface area contributed by atoms with Gasteiger partial charge in [0.2, 0.25) is 0 Å². The molecule has 0 aliphatic carbocycles. The van der Waals surface area contributed by atoms with Gasteiger partial charge in [0.15, 0.2) is 0 Å². The third kappa shape index (κ3) is 5.71. The lowest BCUT2D eigenvalue weighted by atomic mass is 10.2. The molecule has 3 nitrogen and oxygen atoms in total. The Hall–Kier alpha value is -1.06. The van der Waals surface area contributed by atoms with Crippen LogP contribution >= 0.6 is 0 Å². The summed E-state index contributed by atoms with van der Waals surface area (Å²) in [4.78, 5) is 2.43. The van der Waals surface area contributed by atoms with E-state index in [0.717, 1.165) is 38.3 Å². The Labute approximate surface area is 105 Å². The predicted molar refractivity (Wildman–Crippen MR) is 72.9 cm³/mol. The third-order valence-electron chi connectivity index (χ3n) is 2.88. The highest BCUT2D eigenvalue weighted by atomic mass is 16.5. The Kier molecular flexibility index (Phi) is 6.67. The summed E-state index contributed by atoms with van der Waals surface area (Å²) in [6.07, 6.45) is 2.31. The average Bonchev–Trinajstić information content (AvgIpc) is 2.33. The zero-order chi connectivity index (χ0) is 12.5. The van der Waals surface area contributed by atoms with Gasteiger partial charge in [0.05, 0.1) is 0 Å². The Morgan fingerprint density at radius 1 is 1.29 bits per heavy atom. The van der Waals surface area contributed by atoms with E-state index in [1.54, 1.807) is 7.11 Å². The summed E-state index contributed by atoms with van der Waals surface area (Å²) in [5, 5.41) is 0. The van der Waals surface area contributed by atoms with Gasteiger partial charge in [0.1, 0.15) is 0 Å².